The SMILES string of the molecule is Cl.O=C(NO)C1CCS(=O)(=O)CC1. The van der Waals surface area contributed by atoms with Crippen LogP contribution in [0.2, 0.25) is 0 Å². The summed E-state index contributed by atoms with van der Waals surface area (Å²) in [6.45, 7) is 0. The molecule has 78 valence electrons. The lowest BCUT2D eigenvalue weighted by atomic mass is 10.0. The summed E-state index contributed by atoms with van der Waals surface area (Å²) in [6, 6.07) is 0. The van der Waals surface area contributed by atoms with E-state index in [0.29, 0.717) is 12.8 Å². The molecule has 0 aromatic rings. The van der Waals surface area contributed by atoms with Gasteiger partial charge in [0, 0.05) is 5.92 Å². The van der Waals surface area contributed by atoms with Crippen molar-refractivity contribution in [2.24, 2.45) is 5.92 Å². The summed E-state index contributed by atoms with van der Waals surface area (Å²) >= 11 is 0. The first-order valence-electron chi connectivity index (χ1n) is 3.69. The van der Waals surface area contributed by atoms with Crippen LogP contribution in [0, 0.1) is 5.92 Å². The minimum Gasteiger partial charge on any atom is -0.289 e. The van der Waals surface area contributed by atoms with E-state index >= 15 is 0 Å². The zero-order valence-electron chi connectivity index (χ0n) is 6.89. The van der Waals surface area contributed by atoms with Crippen LogP contribution in [-0.4, -0.2) is 31.0 Å². The second-order valence-corrected chi connectivity index (χ2v) is 5.21. The highest BCUT2D eigenvalue weighted by molar-refractivity contribution is 7.91. The fraction of sp³-hybridized carbons (Fsp3) is 0.833. The maximum atomic E-state index is 10.9. The number of carbonyl (C=O) groups is 1. The van der Waals surface area contributed by atoms with Gasteiger partial charge in [-0.3, -0.25) is 10.0 Å². The van der Waals surface area contributed by atoms with Crippen molar-refractivity contribution in [2.75, 3.05) is 11.5 Å². The molecule has 5 nitrogen and oxygen atoms in total. The highest BCUT2D eigenvalue weighted by Gasteiger charge is 2.27. The Labute approximate surface area is 82.8 Å². The van der Waals surface area contributed by atoms with Crippen LogP contribution in [0.25, 0.3) is 0 Å². The fourth-order valence-corrected chi connectivity index (χ4v) is 2.73. The summed E-state index contributed by atoms with van der Waals surface area (Å²) in [5.74, 6) is -0.737. The van der Waals surface area contributed by atoms with E-state index < -0.39 is 15.7 Å². The van der Waals surface area contributed by atoms with Crippen molar-refractivity contribution >= 4 is 28.2 Å². The third-order valence-corrected chi connectivity index (χ3v) is 3.75. The normalized spacial score (nSPS) is 21.6. The number of halogens is 1. The van der Waals surface area contributed by atoms with Crippen molar-refractivity contribution in [3.8, 4) is 0 Å². The Morgan fingerprint density at radius 3 is 2.15 bits per heavy atom. The van der Waals surface area contributed by atoms with E-state index in [9.17, 15) is 13.2 Å². The fourth-order valence-electron chi connectivity index (χ4n) is 1.24. The Morgan fingerprint density at radius 1 is 1.31 bits per heavy atom. The summed E-state index contributed by atoms with van der Waals surface area (Å²) in [6.07, 6.45) is 0.628. The number of hydroxylamine groups is 1. The first kappa shape index (κ1) is 12.7. The van der Waals surface area contributed by atoms with Gasteiger partial charge in [-0.15, -0.1) is 12.4 Å². The molecule has 0 atom stereocenters. The zero-order chi connectivity index (χ0) is 9.19. The van der Waals surface area contributed by atoms with Gasteiger partial charge in [-0.1, -0.05) is 0 Å². The van der Waals surface area contributed by atoms with E-state index in [-0.39, 0.29) is 29.8 Å². The monoisotopic (exact) mass is 229 g/mol. The molecule has 1 heterocycles. The number of amides is 1. The Kier molecular flexibility index (Phi) is 4.66. The number of sulfone groups is 1. The van der Waals surface area contributed by atoms with E-state index in [1.807, 2.05) is 0 Å². The summed E-state index contributed by atoms with van der Waals surface area (Å²) in [7, 11) is -2.92. The number of hydrogen-bond donors (Lipinski definition) is 2. The van der Waals surface area contributed by atoms with Crippen molar-refractivity contribution in [3.05, 3.63) is 0 Å². The number of rotatable bonds is 1. The Hall–Kier alpha value is -0.330. The van der Waals surface area contributed by atoms with Crippen LogP contribution in [0.1, 0.15) is 12.8 Å². The van der Waals surface area contributed by atoms with Crippen molar-refractivity contribution in [1.29, 1.82) is 0 Å². The average Bonchev–Trinajstić information content (AvgIpc) is 2.03. The first-order chi connectivity index (χ1) is 5.55. The van der Waals surface area contributed by atoms with Gasteiger partial charge in [0.2, 0.25) is 5.91 Å². The van der Waals surface area contributed by atoms with E-state index in [0.717, 1.165) is 0 Å². The van der Waals surface area contributed by atoms with Gasteiger partial charge >= 0.3 is 0 Å². The van der Waals surface area contributed by atoms with Crippen molar-refractivity contribution < 1.29 is 18.4 Å². The first-order valence-corrected chi connectivity index (χ1v) is 5.51. The molecular weight excluding hydrogens is 218 g/mol. The molecule has 0 radical (unpaired) electrons. The number of nitrogens with one attached hydrogen (secondary N) is 1. The maximum absolute atomic E-state index is 10.9. The molecule has 1 aliphatic heterocycles. The second kappa shape index (κ2) is 4.78. The molecule has 0 bridgehead atoms. The van der Waals surface area contributed by atoms with Gasteiger partial charge in [-0.25, -0.2) is 13.9 Å². The third-order valence-electron chi connectivity index (χ3n) is 2.04. The minimum atomic E-state index is -2.92. The van der Waals surface area contributed by atoms with E-state index in [2.05, 4.69) is 0 Å². The molecule has 13 heavy (non-hydrogen) atoms. The van der Waals surface area contributed by atoms with Crippen molar-refractivity contribution in [3.63, 3.8) is 0 Å². The molecule has 1 amide bonds. The molecule has 1 fully saturated rings. The van der Waals surface area contributed by atoms with Crippen molar-refractivity contribution in [1.82, 2.24) is 5.48 Å². The second-order valence-electron chi connectivity index (χ2n) is 2.90. The van der Waals surface area contributed by atoms with Crippen LogP contribution >= 0.6 is 12.4 Å². The Morgan fingerprint density at radius 2 is 1.77 bits per heavy atom. The Balaban J connectivity index is 0.00000144. The number of hydrogen-bond acceptors (Lipinski definition) is 4. The molecule has 0 aromatic heterocycles. The van der Waals surface area contributed by atoms with Gasteiger partial charge < -0.3 is 0 Å². The minimum absolute atomic E-state index is 0. The van der Waals surface area contributed by atoms with Gasteiger partial charge in [0.15, 0.2) is 0 Å². The third kappa shape index (κ3) is 3.50. The lowest BCUT2D eigenvalue weighted by Gasteiger charge is -2.19. The highest BCUT2D eigenvalue weighted by atomic mass is 35.5. The molecule has 1 aliphatic rings. The predicted octanol–water partition coefficient (Wildman–Crippen LogP) is -0.262. The van der Waals surface area contributed by atoms with Gasteiger partial charge in [-0.05, 0) is 12.8 Å². The van der Waals surface area contributed by atoms with Crippen LogP contribution in [0.4, 0.5) is 0 Å². The van der Waals surface area contributed by atoms with E-state index in [1.54, 1.807) is 0 Å². The average molecular weight is 230 g/mol. The van der Waals surface area contributed by atoms with Gasteiger partial charge in [0.05, 0.1) is 11.5 Å². The molecule has 2 N–H and O–H groups in total. The molecule has 0 aliphatic carbocycles. The summed E-state index contributed by atoms with van der Waals surface area (Å²) in [5.41, 5.74) is 1.53. The zero-order valence-corrected chi connectivity index (χ0v) is 8.53. The lowest BCUT2D eigenvalue weighted by Crippen LogP contribution is -2.34. The molecular formula is C6H12ClNO4S. The van der Waals surface area contributed by atoms with Crippen LogP contribution < -0.4 is 5.48 Å². The summed E-state index contributed by atoms with van der Waals surface area (Å²) in [4.78, 5) is 10.8. The molecule has 0 saturated carbocycles. The number of carbonyl (C=O) groups excluding carboxylic acids is 1. The molecule has 0 unspecified atom stereocenters. The van der Waals surface area contributed by atoms with Gasteiger partial charge in [0.25, 0.3) is 0 Å². The van der Waals surface area contributed by atoms with Gasteiger partial charge in [0.1, 0.15) is 9.84 Å². The van der Waals surface area contributed by atoms with Crippen LogP contribution in [0.3, 0.4) is 0 Å². The Bertz CT molecular complexity index is 262. The molecule has 7 heteroatoms. The standard InChI is InChI=1S/C6H11NO4S.ClH/c8-6(7-9)5-1-3-12(10,11)4-2-5;/h5,9H,1-4H2,(H,7,8);1H. The summed E-state index contributed by atoms with van der Waals surface area (Å²) < 4.78 is 21.8. The van der Waals surface area contributed by atoms with Crippen LogP contribution in [0.15, 0.2) is 0 Å². The van der Waals surface area contributed by atoms with Crippen molar-refractivity contribution in [2.45, 2.75) is 12.8 Å². The molecule has 0 spiro atoms. The van der Waals surface area contributed by atoms with E-state index in [1.165, 1.54) is 5.48 Å². The van der Waals surface area contributed by atoms with Gasteiger partial charge in [-0.2, -0.15) is 0 Å². The van der Waals surface area contributed by atoms with Crippen LogP contribution in [0.5, 0.6) is 0 Å². The lowest BCUT2D eigenvalue weighted by molar-refractivity contribution is -0.133. The largest absolute Gasteiger partial charge is 0.289 e. The molecule has 1 saturated heterocycles. The highest BCUT2D eigenvalue weighted by Crippen LogP contribution is 2.18. The topological polar surface area (TPSA) is 83.5 Å². The molecule has 1 rings (SSSR count). The van der Waals surface area contributed by atoms with Crippen LogP contribution in [-0.2, 0) is 14.6 Å². The van der Waals surface area contributed by atoms with E-state index in [4.69, 9.17) is 5.21 Å². The smallest absolute Gasteiger partial charge is 0.246 e. The molecule has 0 aromatic carbocycles. The maximum Gasteiger partial charge on any atom is 0.246 e. The summed E-state index contributed by atoms with van der Waals surface area (Å²) in [5, 5.41) is 8.27. The quantitative estimate of drug-likeness (QED) is 0.479. The predicted molar refractivity (Wildman–Crippen MR) is 48.6 cm³/mol.